The van der Waals surface area contributed by atoms with Gasteiger partial charge in [-0.1, -0.05) is 5.16 Å². The lowest BCUT2D eigenvalue weighted by molar-refractivity contribution is -0.134. The van der Waals surface area contributed by atoms with Gasteiger partial charge in [0, 0.05) is 13.1 Å². The summed E-state index contributed by atoms with van der Waals surface area (Å²) in [7, 11) is -2.90. The Kier molecular flexibility index (Phi) is 4.62. The van der Waals surface area contributed by atoms with E-state index in [9.17, 15) is 18.0 Å². The van der Waals surface area contributed by atoms with Crippen LogP contribution >= 0.6 is 0 Å². The molecule has 0 atom stereocenters. The molecule has 106 valence electrons. The zero-order chi connectivity index (χ0) is 14.6. The van der Waals surface area contributed by atoms with Gasteiger partial charge in [-0.2, -0.15) is 4.31 Å². The van der Waals surface area contributed by atoms with E-state index in [1.54, 1.807) is 6.92 Å². The van der Waals surface area contributed by atoms with Crippen molar-refractivity contribution in [1.82, 2.24) is 9.46 Å². The molecule has 0 saturated carbocycles. The van der Waals surface area contributed by atoms with Crippen LogP contribution in [0, 0.1) is 6.92 Å². The molecule has 9 nitrogen and oxygen atoms in total. The molecule has 19 heavy (non-hydrogen) atoms. The Morgan fingerprint density at radius 3 is 2.63 bits per heavy atom. The Balaban J connectivity index is 2.59. The normalized spacial score (nSPS) is 11.5. The van der Waals surface area contributed by atoms with Gasteiger partial charge < -0.3 is 14.9 Å². The molecule has 1 rings (SSSR count). The fourth-order valence-electron chi connectivity index (χ4n) is 1.17. The third-order valence-corrected chi connectivity index (χ3v) is 3.73. The third-order valence-electron chi connectivity index (χ3n) is 2.04. The van der Waals surface area contributed by atoms with E-state index in [0.717, 1.165) is 7.05 Å². The summed E-state index contributed by atoms with van der Waals surface area (Å²) in [4.78, 5) is 21.9. The lowest BCUT2D eigenvalue weighted by atomic mass is 10.5. The smallest absolute Gasteiger partial charge is 0.320 e. The SMILES string of the molecule is Cc1cc(NC(=O)CN(C)S(=O)(=O)CC(=O)O)no1. The number of likely N-dealkylation sites (N-methyl/N-ethyl adjacent to an activating group) is 1. The van der Waals surface area contributed by atoms with Gasteiger partial charge in [0.1, 0.15) is 5.76 Å². The summed E-state index contributed by atoms with van der Waals surface area (Å²) in [6.07, 6.45) is 0. The standard InChI is InChI=1S/C9H13N3O6S/c1-6-3-7(11-18-6)10-8(13)4-12(2)19(16,17)5-9(14)15/h3H,4-5H2,1-2H3,(H,14,15)(H,10,11,13). The molecule has 0 aliphatic rings. The van der Waals surface area contributed by atoms with Crippen LogP contribution in [0.5, 0.6) is 0 Å². The number of rotatable bonds is 6. The second kappa shape index (κ2) is 5.80. The molecule has 0 unspecified atom stereocenters. The predicted octanol–water partition coefficient (Wildman–Crippen LogP) is -0.732. The first-order valence-electron chi connectivity index (χ1n) is 5.09. The van der Waals surface area contributed by atoms with Gasteiger partial charge in [-0.05, 0) is 6.92 Å². The van der Waals surface area contributed by atoms with E-state index in [2.05, 4.69) is 10.5 Å². The molecule has 0 radical (unpaired) electrons. The topological polar surface area (TPSA) is 130 Å². The van der Waals surface area contributed by atoms with Gasteiger partial charge in [-0.15, -0.1) is 0 Å². The van der Waals surface area contributed by atoms with Crippen molar-refractivity contribution in [1.29, 1.82) is 0 Å². The number of aryl methyl sites for hydroxylation is 1. The molecule has 1 amide bonds. The van der Waals surface area contributed by atoms with Crippen molar-refractivity contribution >= 4 is 27.7 Å². The van der Waals surface area contributed by atoms with E-state index in [-0.39, 0.29) is 5.82 Å². The van der Waals surface area contributed by atoms with E-state index >= 15 is 0 Å². The highest BCUT2D eigenvalue weighted by molar-refractivity contribution is 7.89. The van der Waals surface area contributed by atoms with Gasteiger partial charge in [0.05, 0.1) is 6.54 Å². The Morgan fingerprint density at radius 1 is 1.53 bits per heavy atom. The average Bonchev–Trinajstić information content (AvgIpc) is 2.61. The number of hydrogen-bond acceptors (Lipinski definition) is 6. The minimum absolute atomic E-state index is 0.159. The van der Waals surface area contributed by atoms with Crippen molar-refractivity contribution in [3.63, 3.8) is 0 Å². The number of carboxylic acid groups (broad SMARTS) is 1. The number of hydrogen-bond donors (Lipinski definition) is 2. The Labute approximate surface area is 109 Å². The first kappa shape index (κ1) is 15.1. The molecule has 0 fully saturated rings. The van der Waals surface area contributed by atoms with Crippen molar-refractivity contribution in [2.45, 2.75) is 6.92 Å². The summed E-state index contributed by atoms with van der Waals surface area (Å²) in [5.74, 6) is -2.56. The van der Waals surface area contributed by atoms with Crippen LogP contribution in [-0.4, -0.2) is 54.2 Å². The Morgan fingerprint density at radius 2 is 2.16 bits per heavy atom. The van der Waals surface area contributed by atoms with Crippen LogP contribution in [0.25, 0.3) is 0 Å². The number of anilines is 1. The van der Waals surface area contributed by atoms with E-state index < -0.39 is 34.2 Å². The number of amides is 1. The summed E-state index contributed by atoms with van der Waals surface area (Å²) in [6, 6.07) is 1.46. The highest BCUT2D eigenvalue weighted by atomic mass is 32.2. The van der Waals surface area contributed by atoms with Gasteiger partial charge in [0.2, 0.25) is 15.9 Å². The minimum atomic E-state index is -4.01. The highest BCUT2D eigenvalue weighted by Crippen LogP contribution is 2.07. The van der Waals surface area contributed by atoms with Crippen molar-refractivity contribution in [2.75, 3.05) is 24.7 Å². The number of nitrogens with one attached hydrogen (secondary N) is 1. The summed E-state index contributed by atoms with van der Waals surface area (Å²) in [6.45, 7) is 1.12. The number of aromatic nitrogens is 1. The van der Waals surface area contributed by atoms with Gasteiger partial charge in [-0.25, -0.2) is 8.42 Å². The zero-order valence-corrected chi connectivity index (χ0v) is 11.1. The van der Waals surface area contributed by atoms with E-state index in [1.807, 2.05) is 0 Å². The predicted molar refractivity (Wildman–Crippen MR) is 63.9 cm³/mol. The first-order chi connectivity index (χ1) is 8.70. The molecule has 1 heterocycles. The van der Waals surface area contributed by atoms with Crippen molar-refractivity contribution < 1.29 is 27.6 Å². The second-order valence-corrected chi connectivity index (χ2v) is 5.85. The fraction of sp³-hybridized carbons (Fsp3) is 0.444. The molecular weight excluding hydrogens is 278 g/mol. The van der Waals surface area contributed by atoms with E-state index in [1.165, 1.54) is 6.07 Å². The maximum atomic E-state index is 11.5. The molecule has 0 aromatic carbocycles. The molecular formula is C9H13N3O6S. The van der Waals surface area contributed by atoms with Gasteiger partial charge in [0.15, 0.2) is 11.6 Å². The molecule has 0 aliphatic carbocycles. The Bertz CT molecular complexity index is 579. The van der Waals surface area contributed by atoms with Crippen LogP contribution in [0.1, 0.15) is 5.76 Å². The van der Waals surface area contributed by atoms with Crippen molar-refractivity contribution in [3.05, 3.63) is 11.8 Å². The summed E-state index contributed by atoms with van der Waals surface area (Å²) < 4.78 is 28.3. The number of carboxylic acids is 1. The molecule has 0 bridgehead atoms. The third kappa shape index (κ3) is 4.67. The van der Waals surface area contributed by atoms with Crippen molar-refractivity contribution in [2.24, 2.45) is 0 Å². The first-order valence-corrected chi connectivity index (χ1v) is 6.70. The number of aliphatic carboxylic acids is 1. The van der Waals surface area contributed by atoms with Gasteiger partial charge in [0.25, 0.3) is 0 Å². The van der Waals surface area contributed by atoms with Crippen LogP contribution in [0.2, 0.25) is 0 Å². The lowest BCUT2D eigenvalue weighted by Crippen LogP contribution is -2.38. The Hall–Kier alpha value is -1.94. The van der Waals surface area contributed by atoms with Crippen LogP contribution in [0.4, 0.5) is 5.82 Å². The minimum Gasteiger partial charge on any atom is -0.480 e. The van der Waals surface area contributed by atoms with Crippen LogP contribution in [0.3, 0.4) is 0 Å². The molecule has 2 N–H and O–H groups in total. The summed E-state index contributed by atoms with van der Waals surface area (Å²) >= 11 is 0. The second-order valence-electron chi connectivity index (χ2n) is 3.78. The summed E-state index contributed by atoms with van der Waals surface area (Å²) in [5.41, 5.74) is 0. The molecule has 1 aromatic rings. The number of carbonyl (C=O) groups excluding carboxylic acids is 1. The molecule has 0 saturated heterocycles. The largest absolute Gasteiger partial charge is 0.480 e. The average molecular weight is 291 g/mol. The number of carbonyl (C=O) groups is 2. The van der Waals surface area contributed by atoms with Gasteiger partial charge >= 0.3 is 5.97 Å². The van der Waals surface area contributed by atoms with Crippen molar-refractivity contribution in [3.8, 4) is 0 Å². The monoisotopic (exact) mass is 291 g/mol. The highest BCUT2D eigenvalue weighted by Gasteiger charge is 2.23. The number of nitrogens with zero attached hydrogens (tertiary/aromatic N) is 2. The van der Waals surface area contributed by atoms with Gasteiger partial charge in [-0.3, -0.25) is 9.59 Å². The number of sulfonamides is 1. The van der Waals surface area contributed by atoms with Crippen LogP contribution < -0.4 is 5.32 Å². The lowest BCUT2D eigenvalue weighted by Gasteiger charge is -2.14. The molecule has 0 spiro atoms. The summed E-state index contributed by atoms with van der Waals surface area (Å²) in [5, 5.41) is 14.3. The molecule has 0 aliphatic heterocycles. The van der Waals surface area contributed by atoms with E-state index in [4.69, 9.17) is 9.63 Å². The molecule has 1 aromatic heterocycles. The van der Waals surface area contributed by atoms with Crippen LogP contribution in [-0.2, 0) is 19.6 Å². The maximum Gasteiger partial charge on any atom is 0.320 e. The van der Waals surface area contributed by atoms with Crippen LogP contribution in [0.15, 0.2) is 10.6 Å². The fourth-order valence-corrected chi connectivity index (χ4v) is 2.02. The van der Waals surface area contributed by atoms with E-state index in [0.29, 0.717) is 10.1 Å². The molecule has 10 heteroatoms. The maximum absolute atomic E-state index is 11.5. The zero-order valence-electron chi connectivity index (χ0n) is 10.3. The quantitative estimate of drug-likeness (QED) is 0.706.